The third-order valence-electron chi connectivity index (χ3n) is 4.96. The lowest BCUT2D eigenvalue weighted by Gasteiger charge is -2.34. The van der Waals surface area contributed by atoms with Gasteiger partial charge >= 0.3 is 5.97 Å². The smallest absolute Gasteiger partial charge is 0.312 e. The van der Waals surface area contributed by atoms with Crippen molar-refractivity contribution < 1.29 is 24.2 Å². The molecule has 6 heteroatoms. The quantitative estimate of drug-likeness (QED) is 0.883. The van der Waals surface area contributed by atoms with Crippen molar-refractivity contribution in [2.75, 3.05) is 19.8 Å². The van der Waals surface area contributed by atoms with E-state index in [0.717, 1.165) is 37.0 Å². The number of carbonyl (C=O) groups is 2. The van der Waals surface area contributed by atoms with Gasteiger partial charge in [-0.1, -0.05) is 24.3 Å². The molecule has 3 rings (SSSR count). The molecule has 2 aliphatic heterocycles. The standard InChI is InChI=1S/C19H25NO5/c1-13(25-12-15-7-4-5-9-24-15)18(21)20-10-14-6-2-3-8-16(14)17(11-20)19(22)23/h2-3,6,8,13,15,17H,4-5,7,9-12H2,1H3,(H,22,23). The van der Waals surface area contributed by atoms with Crippen LogP contribution in [-0.4, -0.2) is 53.8 Å². The van der Waals surface area contributed by atoms with E-state index in [9.17, 15) is 14.7 Å². The highest BCUT2D eigenvalue weighted by Crippen LogP contribution is 2.29. The van der Waals surface area contributed by atoms with Crippen LogP contribution in [0.1, 0.15) is 43.2 Å². The van der Waals surface area contributed by atoms with E-state index >= 15 is 0 Å². The van der Waals surface area contributed by atoms with Crippen molar-refractivity contribution in [3.8, 4) is 0 Å². The number of carboxylic acid groups (broad SMARTS) is 1. The molecule has 6 nitrogen and oxygen atoms in total. The van der Waals surface area contributed by atoms with E-state index in [-0.39, 0.29) is 18.6 Å². The second-order valence-corrected chi connectivity index (χ2v) is 6.77. The molecule has 0 aromatic heterocycles. The monoisotopic (exact) mass is 347 g/mol. The van der Waals surface area contributed by atoms with Crippen LogP contribution in [0.3, 0.4) is 0 Å². The number of rotatable bonds is 5. The molecule has 3 atom stereocenters. The van der Waals surface area contributed by atoms with Gasteiger partial charge in [0.15, 0.2) is 0 Å². The Morgan fingerprint density at radius 1 is 1.36 bits per heavy atom. The Labute approximate surface area is 147 Å². The maximum absolute atomic E-state index is 12.7. The van der Waals surface area contributed by atoms with Crippen LogP contribution >= 0.6 is 0 Å². The third-order valence-corrected chi connectivity index (χ3v) is 4.96. The van der Waals surface area contributed by atoms with E-state index in [4.69, 9.17) is 9.47 Å². The highest BCUT2D eigenvalue weighted by Gasteiger charge is 2.34. The van der Waals surface area contributed by atoms with Gasteiger partial charge in [-0.2, -0.15) is 0 Å². The molecule has 0 spiro atoms. The van der Waals surface area contributed by atoms with Crippen molar-refractivity contribution in [2.45, 2.75) is 50.9 Å². The van der Waals surface area contributed by atoms with Gasteiger partial charge in [0.05, 0.1) is 18.6 Å². The largest absolute Gasteiger partial charge is 0.481 e. The Balaban J connectivity index is 1.62. The summed E-state index contributed by atoms with van der Waals surface area (Å²) in [6, 6.07) is 7.41. The van der Waals surface area contributed by atoms with Gasteiger partial charge in [0.2, 0.25) is 0 Å². The van der Waals surface area contributed by atoms with E-state index < -0.39 is 18.0 Å². The Bertz CT molecular complexity index is 626. The van der Waals surface area contributed by atoms with Crippen molar-refractivity contribution in [3.05, 3.63) is 35.4 Å². The van der Waals surface area contributed by atoms with Crippen LogP contribution in [0.2, 0.25) is 0 Å². The van der Waals surface area contributed by atoms with Gasteiger partial charge in [-0.25, -0.2) is 0 Å². The van der Waals surface area contributed by atoms with Crippen molar-refractivity contribution >= 4 is 11.9 Å². The number of benzene rings is 1. The van der Waals surface area contributed by atoms with Crippen LogP contribution in [0, 0.1) is 0 Å². The van der Waals surface area contributed by atoms with Gasteiger partial charge < -0.3 is 19.5 Å². The van der Waals surface area contributed by atoms with Crippen molar-refractivity contribution in [1.29, 1.82) is 0 Å². The molecule has 0 aliphatic carbocycles. The van der Waals surface area contributed by atoms with Gasteiger partial charge in [-0.05, 0) is 37.3 Å². The maximum atomic E-state index is 12.7. The second kappa shape index (κ2) is 7.97. The summed E-state index contributed by atoms with van der Waals surface area (Å²) in [6.45, 7) is 3.48. The van der Waals surface area contributed by atoms with E-state index in [1.165, 1.54) is 0 Å². The maximum Gasteiger partial charge on any atom is 0.312 e. The van der Waals surface area contributed by atoms with Crippen LogP contribution in [0.15, 0.2) is 24.3 Å². The number of hydrogen-bond acceptors (Lipinski definition) is 4. The van der Waals surface area contributed by atoms with Gasteiger partial charge in [-0.15, -0.1) is 0 Å². The molecular formula is C19H25NO5. The fourth-order valence-electron chi connectivity index (χ4n) is 3.50. The predicted octanol–water partition coefficient (Wildman–Crippen LogP) is 2.17. The number of nitrogens with zero attached hydrogens (tertiary/aromatic N) is 1. The molecule has 1 aromatic carbocycles. The lowest BCUT2D eigenvalue weighted by molar-refractivity contribution is -0.149. The van der Waals surface area contributed by atoms with Crippen molar-refractivity contribution in [2.24, 2.45) is 0 Å². The Kier molecular flexibility index (Phi) is 5.71. The summed E-state index contributed by atoms with van der Waals surface area (Å²) in [5.41, 5.74) is 1.68. The second-order valence-electron chi connectivity index (χ2n) is 6.77. The van der Waals surface area contributed by atoms with Crippen LogP contribution in [0.5, 0.6) is 0 Å². The first-order chi connectivity index (χ1) is 12.1. The molecular weight excluding hydrogens is 322 g/mol. The molecule has 1 aromatic rings. The molecule has 3 unspecified atom stereocenters. The molecule has 1 N–H and O–H groups in total. The number of carbonyl (C=O) groups excluding carboxylic acids is 1. The van der Waals surface area contributed by atoms with Gasteiger partial charge in [0.1, 0.15) is 6.10 Å². The first kappa shape index (κ1) is 17.9. The molecule has 2 heterocycles. The van der Waals surface area contributed by atoms with Crippen LogP contribution in [0.4, 0.5) is 0 Å². The number of aliphatic carboxylic acids is 1. The molecule has 0 saturated carbocycles. The predicted molar refractivity (Wildman–Crippen MR) is 91.2 cm³/mol. The third kappa shape index (κ3) is 4.19. The molecule has 0 bridgehead atoms. The van der Waals surface area contributed by atoms with E-state index in [0.29, 0.717) is 13.2 Å². The molecule has 136 valence electrons. The number of carboxylic acids is 1. The van der Waals surface area contributed by atoms with Crippen molar-refractivity contribution in [3.63, 3.8) is 0 Å². The first-order valence-corrected chi connectivity index (χ1v) is 8.89. The summed E-state index contributed by atoms with van der Waals surface area (Å²) in [5, 5.41) is 9.51. The number of fused-ring (bicyclic) bond motifs is 1. The number of amides is 1. The highest BCUT2D eigenvalue weighted by atomic mass is 16.5. The van der Waals surface area contributed by atoms with Gasteiger partial charge in [0.25, 0.3) is 5.91 Å². The summed E-state index contributed by atoms with van der Waals surface area (Å²) in [7, 11) is 0. The molecule has 25 heavy (non-hydrogen) atoms. The minimum absolute atomic E-state index is 0.0536. The Morgan fingerprint density at radius 3 is 2.88 bits per heavy atom. The molecule has 0 radical (unpaired) electrons. The van der Waals surface area contributed by atoms with E-state index in [2.05, 4.69) is 0 Å². The lowest BCUT2D eigenvalue weighted by atomic mass is 9.89. The van der Waals surface area contributed by atoms with Crippen LogP contribution in [0.25, 0.3) is 0 Å². The average Bonchev–Trinajstić information content (AvgIpc) is 2.65. The minimum atomic E-state index is -0.908. The summed E-state index contributed by atoms with van der Waals surface area (Å²) in [4.78, 5) is 25.9. The summed E-state index contributed by atoms with van der Waals surface area (Å²) in [5.74, 6) is -1.77. The van der Waals surface area contributed by atoms with E-state index in [1.807, 2.05) is 24.3 Å². The van der Waals surface area contributed by atoms with Crippen LogP contribution < -0.4 is 0 Å². The van der Waals surface area contributed by atoms with Gasteiger partial charge in [-0.3, -0.25) is 9.59 Å². The summed E-state index contributed by atoms with van der Waals surface area (Å²) < 4.78 is 11.3. The zero-order chi connectivity index (χ0) is 17.8. The molecule has 1 saturated heterocycles. The molecule has 2 aliphatic rings. The highest BCUT2D eigenvalue weighted by molar-refractivity contribution is 5.83. The SMILES string of the molecule is CC(OCC1CCCCO1)C(=O)N1Cc2ccccc2C(C(=O)O)C1. The van der Waals surface area contributed by atoms with Crippen LogP contribution in [-0.2, 0) is 25.6 Å². The Morgan fingerprint density at radius 2 is 2.16 bits per heavy atom. The lowest BCUT2D eigenvalue weighted by Crippen LogP contribution is -2.45. The Hall–Kier alpha value is -1.92. The molecule has 1 amide bonds. The summed E-state index contributed by atoms with van der Waals surface area (Å²) >= 11 is 0. The fourth-order valence-corrected chi connectivity index (χ4v) is 3.50. The number of hydrogen-bond donors (Lipinski definition) is 1. The van der Waals surface area contributed by atoms with Crippen molar-refractivity contribution in [1.82, 2.24) is 4.90 Å². The van der Waals surface area contributed by atoms with E-state index in [1.54, 1.807) is 11.8 Å². The topological polar surface area (TPSA) is 76.1 Å². The fraction of sp³-hybridized carbons (Fsp3) is 0.579. The molecule has 1 fully saturated rings. The normalized spacial score (nSPS) is 24.4. The average molecular weight is 347 g/mol. The zero-order valence-corrected chi connectivity index (χ0v) is 14.5. The first-order valence-electron chi connectivity index (χ1n) is 8.89. The van der Waals surface area contributed by atoms with Gasteiger partial charge in [0, 0.05) is 19.7 Å². The zero-order valence-electron chi connectivity index (χ0n) is 14.5. The number of ether oxygens (including phenoxy) is 2. The minimum Gasteiger partial charge on any atom is -0.481 e. The summed E-state index contributed by atoms with van der Waals surface area (Å²) in [6.07, 6.45) is 2.61.